The van der Waals surface area contributed by atoms with Crippen molar-refractivity contribution in [3.8, 4) is 0 Å². The van der Waals surface area contributed by atoms with Gasteiger partial charge in [-0.15, -0.1) is 17.5 Å². The molecule has 1 aromatic rings. The molecule has 3 heterocycles. The van der Waals surface area contributed by atoms with Crippen LogP contribution >= 0.6 is 12.4 Å². The Balaban J connectivity index is 0.00000161. The van der Waals surface area contributed by atoms with Crippen molar-refractivity contribution in [1.29, 1.82) is 0 Å². The van der Waals surface area contributed by atoms with Gasteiger partial charge in [-0.1, -0.05) is 19.1 Å². The van der Waals surface area contributed by atoms with E-state index in [0.29, 0.717) is 23.6 Å². The molecule has 2 aliphatic heterocycles. The Hall–Kier alpha value is -1.14. The number of halogens is 1. The summed E-state index contributed by atoms with van der Waals surface area (Å²) >= 11 is 0. The molecule has 0 aliphatic carbocycles. The van der Waals surface area contributed by atoms with Crippen molar-refractivity contribution in [3.05, 3.63) is 11.9 Å². The lowest BCUT2D eigenvalue weighted by Crippen LogP contribution is -2.30. The minimum absolute atomic E-state index is 0. The zero-order chi connectivity index (χ0) is 14.1. The van der Waals surface area contributed by atoms with Gasteiger partial charge < -0.3 is 10.2 Å². The zero-order valence-electron chi connectivity index (χ0n) is 12.7. The lowest BCUT2D eigenvalue weighted by Gasteiger charge is -2.22. The first-order chi connectivity index (χ1) is 9.65. The Kier molecular flexibility index (Phi) is 5.22. The zero-order valence-corrected chi connectivity index (χ0v) is 13.5. The smallest absolute Gasteiger partial charge is 0.276 e. The van der Waals surface area contributed by atoms with Crippen molar-refractivity contribution in [3.63, 3.8) is 0 Å². The number of rotatable bonds is 2. The molecule has 1 aromatic heterocycles. The topological polar surface area (TPSA) is 63.1 Å². The average Bonchev–Trinajstić information content (AvgIpc) is 3.07. The van der Waals surface area contributed by atoms with Crippen molar-refractivity contribution < 1.29 is 4.79 Å². The number of hydrogen-bond acceptors (Lipinski definition) is 4. The number of hydrogen-bond donors (Lipinski definition) is 1. The molecule has 7 heteroatoms. The summed E-state index contributed by atoms with van der Waals surface area (Å²) in [5.41, 5.74) is 0.491. The van der Waals surface area contributed by atoms with E-state index < -0.39 is 0 Å². The van der Waals surface area contributed by atoms with Gasteiger partial charge in [0.25, 0.3) is 5.91 Å². The molecule has 1 amide bonds. The summed E-state index contributed by atoms with van der Waals surface area (Å²) in [6.45, 7) is 8.08. The Labute approximate surface area is 131 Å². The first kappa shape index (κ1) is 16.2. The van der Waals surface area contributed by atoms with Crippen LogP contribution in [0, 0.1) is 11.8 Å². The maximum Gasteiger partial charge on any atom is 0.276 e. The first-order valence-corrected chi connectivity index (χ1v) is 7.57. The fraction of sp³-hybridized carbons (Fsp3) is 0.786. The fourth-order valence-electron chi connectivity index (χ4n) is 3.08. The molecule has 2 aliphatic rings. The molecule has 21 heavy (non-hydrogen) atoms. The van der Waals surface area contributed by atoms with Crippen molar-refractivity contribution >= 4 is 18.3 Å². The minimum atomic E-state index is 0. The number of piperidine rings is 1. The molecule has 3 rings (SSSR count). The molecule has 0 bridgehead atoms. The third kappa shape index (κ3) is 3.37. The lowest BCUT2D eigenvalue weighted by molar-refractivity contribution is 0.0779. The van der Waals surface area contributed by atoms with Crippen LogP contribution in [0.15, 0.2) is 6.20 Å². The van der Waals surface area contributed by atoms with E-state index in [9.17, 15) is 4.79 Å². The number of amides is 1. The van der Waals surface area contributed by atoms with Crippen molar-refractivity contribution in [2.45, 2.75) is 32.7 Å². The van der Waals surface area contributed by atoms with Crippen LogP contribution in [0.25, 0.3) is 0 Å². The second kappa shape index (κ2) is 6.75. The van der Waals surface area contributed by atoms with Crippen LogP contribution in [-0.2, 0) is 0 Å². The van der Waals surface area contributed by atoms with E-state index in [0.717, 1.165) is 39.0 Å². The summed E-state index contributed by atoms with van der Waals surface area (Å²) < 4.78 is 1.87. The number of carbonyl (C=O) groups excluding carboxylic acids is 1. The molecule has 1 N–H and O–H groups in total. The van der Waals surface area contributed by atoms with Crippen molar-refractivity contribution in [2.24, 2.45) is 11.8 Å². The predicted molar refractivity (Wildman–Crippen MR) is 82.6 cm³/mol. The van der Waals surface area contributed by atoms with E-state index in [-0.39, 0.29) is 18.3 Å². The Morgan fingerprint density at radius 1 is 1.24 bits per heavy atom. The number of nitrogens with one attached hydrogen (secondary N) is 1. The molecule has 118 valence electrons. The Morgan fingerprint density at radius 2 is 1.86 bits per heavy atom. The third-order valence-electron chi connectivity index (χ3n) is 4.69. The maximum atomic E-state index is 12.4. The summed E-state index contributed by atoms with van der Waals surface area (Å²) in [6.07, 6.45) is 3.93. The number of likely N-dealkylation sites (tertiary alicyclic amines) is 1. The molecular formula is C14H24ClN5O. The van der Waals surface area contributed by atoms with E-state index in [2.05, 4.69) is 29.5 Å². The number of carbonyl (C=O) groups is 1. The highest BCUT2D eigenvalue weighted by Gasteiger charge is 2.31. The molecule has 0 spiro atoms. The largest absolute Gasteiger partial charge is 0.337 e. The quantitative estimate of drug-likeness (QED) is 0.895. The molecule has 6 nitrogen and oxygen atoms in total. The van der Waals surface area contributed by atoms with Crippen LogP contribution in [0.4, 0.5) is 0 Å². The van der Waals surface area contributed by atoms with Crippen LogP contribution in [0.5, 0.6) is 0 Å². The van der Waals surface area contributed by atoms with Crippen LogP contribution in [0.3, 0.4) is 0 Å². The summed E-state index contributed by atoms with van der Waals surface area (Å²) in [4.78, 5) is 14.3. The van der Waals surface area contributed by atoms with Crippen LogP contribution in [-0.4, -0.2) is 52.0 Å². The Bertz CT molecular complexity index is 475. The number of aromatic nitrogens is 3. The van der Waals surface area contributed by atoms with E-state index >= 15 is 0 Å². The van der Waals surface area contributed by atoms with Gasteiger partial charge in [0, 0.05) is 13.1 Å². The molecule has 0 saturated carbocycles. The molecule has 0 radical (unpaired) electrons. The van der Waals surface area contributed by atoms with Gasteiger partial charge in [-0.25, -0.2) is 4.68 Å². The van der Waals surface area contributed by atoms with Gasteiger partial charge in [0.2, 0.25) is 0 Å². The van der Waals surface area contributed by atoms with Gasteiger partial charge >= 0.3 is 0 Å². The molecule has 2 unspecified atom stereocenters. The van der Waals surface area contributed by atoms with E-state index in [1.807, 2.05) is 15.8 Å². The van der Waals surface area contributed by atoms with Gasteiger partial charge in [0.15, 0.2) is 5.69 Å². The predicted octanol–water partition coefficient (Wildman–Crippen LogP) is 1.35. The first-order valence-electron chi connectivity index (χ1n) is 7.57. The standard InChI is InChI=1S/C14H23N5O.ClH/c1-10-7-18(8-11(10)2)14(20)13-9-19(17-16-13)12-3-5-15-6-4-12;/h9-12,15H,3-8H2,1-2H3;1H. The van der Waals surface area contributed by atoms with Crippen LogP contribution < -0.4 is 5.32 Å². The molecule has 2 saturated heterocycles. The van der Waals surface area contributed by atoms with E-state index in [1.165, 1.54) is 0 Å². The van der Waals surface area contributed by atoms with Crippen molar-refractivity contribution in [2.75, 3.05) is 26.2 Å². The third-order valence-corrected chi connectivity index (χ3v) is 4.69. The second-order valence-corrected chi connectivity index (χ2v) is 6.23. The maximum absolute atomic E-state index is 12.4. The van der Waals surface area contributed by atoms with Crippen LogP contribution in [0.1, 0.15) is 43.2 Å². The SMILES string of the molecule is CC1CN(C(=O)c2cn(C3CCNCC3)nn2)CC1C.Cl. The summed E-state index contributed by atoms with van der Waals surface area (Å²) in [5, 5.41) is 11.6. The van der Waals surface area contributed by atoms with Gasteiger partial charge in [-0.2, -0.15) is 0 Å². The van der Waals surface area contributed by atoms with E-state index in [4.69, 9.17) is 0 Å². The highest BCUT2D eigenvalue weighted by molar-refractivity contribution is 5.92. The van der Waals surface area contributed by atoms with Gasteiger partial charge in [-0.05, 0) is 37.8 Å². The second-order valence-electron chi connectivity index (χ2n) is 6.23. The van der Waals surface area contributed by atoms with Crippen LogP contribution in [0.2, 0.25) is 0 Å². The summed E-state index contributed by atoms with van der Waals surface area (Å²) in [7, 11) is 0. The Morgan fingerprint density at radius 3 is 2.48 bits per heavy atom. The lowest BCUT2D eigenvalue weighted by atomic mass is 10.0. The summed E-state index contributed by atoms with van der Waals surface area (Å²) in [6, 6.07) is 0.377. The molecule has 0 aromatic carbocycles. The fourth-order valence-corrected chi connectivity index (χ4v) is 3.08. The average molecular weight is 314 g/mol. The molecular weight excluding hydrogens is 290 g/mol. The molecule has 2 atom stereocenters. The van der Waals surface area contributed by atoms with E-state index in [1.54, 1.807) is 0 Å². The minimum Gasteiger partial charge on any atom is -0.337 e. The highest BCUT2D eigenvalue weighted by Crippen LogP contribution is 2.24. The summed E-state index contributed by atoms with van der Waals surface area (Å²) in [5.74, 6) is 1.17. The monoisotopic (exact) mass is 313 g/mol. The number of nitrogens with zero attached hydrogens (tertiary/aromatic N) is 4. The van der Waals surface area contributed by atoms with Gasteiger partial charge in [-0.3, -0.25) is 4.79 Å². The normalized spacial score (nSPS) is 26.7. The van der Waals surface area contributed by atoms with Crippen molar-refractivity contribution in [1.82, 2.24) is 25.2 Å². The van der Waals surface area contributed by atoms with Gasteiger partial charge in [0.05, 0.1) is 12.2 Å². The van der Waals surface area contributed by atoms with Gasteiger partial charge in [0.1, 0.15) is 0 Å². The highest BCUT2D eigenvalue weighted by atomic mass is 35.5. The molecule has 2 fully saturated rings.